The first-order valence-corrected chi connectivity index (χ1v) is 5.61. The number of nitrogens with zero attached hydrogens (tertiary/aromatic N) is 1. The molecule has 0 aliphatic rings. The first-order chi connectivity index (χ1) is 5.72. The van der Waals surface area contributed by atoms with E-state index in [1.165, 1.54) is 0 Å². The molecule has 0 radical (unpaired) electrons. The monoisotopic (exact) mass is 248 g/mol. The summed E-state index contributed by atoms with van der Waals surface area (Å²) in [4.78, 5) is 4.07. The third-order valence-electron chi connectivity index (χ3n) is 1.20. The van der Waals surface area contributed by atoms with Gasteiger partial charge >= 0.3 is 0 Å². The highest BCUT2D eigenvalue weighted by Gasteiger charge is 1.97. The SMILES string of the molecule is CCS(=O)Nc1cccc(Br)n1. The Balaban J connectivity index is 2.69. The molecule has 1 aromatic rings. The highest BCUT2D eigenvalue weighted by Crippen LogP contribution is 2.10. The van der Waals surface area contributed by atoms with Crippen molar-refractivity contribution in [1.29, 1.82) is 0 Å². The lowest BCUT2D eigenvalue weighted by Crippen LogP contribution is -2.07. The molecule has 0 amide bonds. The lowest BCUT2D eigenvalue weighted by Gasteiger charge is -2.02. The van der Waals surface area contributed by atoms with Gasteiger partial charge in [0, 0.05) is 5.75 Å². The molecule has 0 aliphatic carbocycles. The predicted octanol–water partition coefficient (Wildman–Crippen LogP) is 1.94. The maximum absolute atomic E-state index is 11.0. The number of rotatable bonds is 3. The van der Waals surface area contributed by atoms with Gasteiger partial charge in [-0.25, -0.2) is 9.19 Å². The third-order valence-corrected chi connectivity index (χ3v) is 2.60. The second-order valence-corrected chi connectivity index (χ2v) is 4.37. The summed E-state index contributed by atoms with van der Waals surface area (Å²) in [6.45, 7) is 1.85. The van der Waals surface area contributed by atoms with Crippen LogP contribution in [0.4, 0.5) is 5.82 Å². The van der Waals surface area contributed by atoms with Crippen LogP contribution in [0.3, 0.4) is 0 Å². The summed E-state index contributed by atoms with van der Waals surface area (Å²) in [5, 5.41) is 0. The predicted molar refractivity (Wildman–Crippen MR) is 54.2 cm³/mol. The van der Waals surface area contributed by atoms with Gasteiger partial charge in [0.1, 0.15) is 21.4 Å². The largest absolute Gasteiger partial charge is 0.289 e. The Bertz CT molecular complexity index is 292. The quantitative estimate of drug-likeness (QED) is 0.832. The maximum Gasteiger partial charge on any atom is 0.138 e. The van der Waals surface area contributed by atoms with Crippen LogP contribution in [-0.2, 0) is 11.0 Å². The Morgan fingerprint density at radius 3 is 3.00 bits per heavy atom. The van der Waals surface area contributed by atoms with Crippen molar-refractivity contribution in [2.24, 2.45) is 0 Å². The summed E-state index contributed by atoms with van der Waals surface area (Å²) in [7, 11) is -1.02. The van der Waals surface area contributed by atoms with E-state index in [2.05, 4.69) is 25.6 Å². The van der Waals surface area contributed by atoms with E-state index >= 15 is 0 Å². The molecule has 1 heterocycles. The van der Waals surface area contributed by atoms with Gasteiger partial charge in [-0.05, 0) is 28.1 Å². The van der Waals surface area contributed by atoms with Crippen LogP contribution in [0, 0.1) is 0 Å². The topological polar surface area (TPSA) is 42.0 Å². The van der Waals surface area contributed by atoms with Crippen LogP contribution in [0.5, 0.6) is 0 Å². The van der Waals surface area contributed by atoms with Gasteiger partial charge < -0.3 is 0 Å². The molecule has 5 heteroatoms. The van der Waals surface area contributed by atoms with Gasteiger partial charge in [-0.1, -0.05) is 13.0 Å². The summed E-state index contributed by atoms with van der Waals surface area (Å²) in [5.41, 5.74) is 0. The van der Waals surface area contributed by atoms with Crippen molar-refractivity contribution in [2.75, 3.05) is 10.5 Å². The highest BCUT2D eigenvalue weighted by atomic mass is 79.9. The second kappa shape index (κ2) is 4.57. The summed E-state index contributed by atoms with van der Waals surface area (Å²) in [6.07, 6.45) is 0. The molecule has 1 rings (SSSR count). The van der Waals surface area contributed by atoms with E-state index in [0.29, 0.717) is 11.6 Å². The molecule has 0 saturated heterocycles. The number of hydrogen-bond donors (Lipinski definition) is 1. The normalized spacial score (nSPS) is 12.5. The van der Waals surface area contributed by atoms with Crippen molar-refractivity contribution < 1.29 is 4.21 Å². The van der Waals surface area contributed by atoms with Crippen molar-refractivity contribution in [3.8, 4) is 0 Å². The fraction of sp³-hybridized carbons (Fsp3) is 0.286. The molecule has 66 valence electrons. The minimum absolute atomic E-state index is 0.578. The van der Waals surface area contributed by atoms with Crippen LogP contribution in [-0.4, -0.2) is 14.9 Å². The molecule has 1 unspecified atom stereocenters. The van der Waals surface area contributed by atoms with Crippen LogP contribution < -0.4 is 4.72 Å². The summed E-state index contributed by atoms with van der Waals surface area (Å²) in [6, 6.07) is 5.44. The summed E-state index contributed by atoms with van der Waals surface area (Å²) in [5.74, 6) is 1.21. The van der Waals surface area contributed by atoms with Crippen molar-refractivity contribution in [1.82, 2.24) is 4.98 Å². The molecular formula is C7H9BrN2OS. The molecule has 0 aromatic carbocycles. The van der Waals surface area contributed by atoms with Gasteiger partial charge in [0.25, 0.3) is 0 Å². The molecule has 1 atom stereocenters. The summed E-state index contributed by atoms with van der Waals surface area (Å²) >= 11 is 3.22. The fourth-order valence-electron chi connectivity index (χ4n) is 0.654. The lowest BCUT2D eigenvalue weighted by atomic mass is 10.5. The molecule has 1 aromatic heterocycles. The Kier molecular flexibility index (Phi) is 3.68. The van der Waals surface area contributed by atoms with Crippen LogP contribution in [0.15, 0.2) is 22.8 Å². The summed E-state index contributed by atoms with van der Waals surface area (Å²) < 4.78 is 14.5. The van der Waals surface area contributed by atoms with Gasteiger partial charge in [-0.2, -0.15) is 0 Å². The Hall–Kier alpha value is -0.420. The molecule has 3 nitrogen and oxygen atoms in total. The van der Waals surface area contributed by atoms with Gasteiger partial charge in [0.05, 0.1) is 0 Å². The van der Waals surface area contributed by atoms with Crippen LogP contribution in [0.2, 0.25) is 0 Å². The minimum atomic E-state index is -1.02. The number of pyridine rings is 1. The molecule has 12 heavy (non-hydrogen) atoms. The van der Waals surface area contributed by atoms with Crippen molar-refractivity contribution in [3.63, 3.8) is 0 Å². The number of halogens is 1. The van der Waals surface area contributed by atoms with E-state index in [1.54, 1.807) is 6.07 Å². The van der Waals surface area contributed by atoms with Crippen LogP contribution in [0.1, 0.15) is 6.92 Å². The lowest BCUT2D eigenvalue weighted by molar-refractivity contribution is 0.687. The van der Waals surface area contributed by atoms with E-state index in [0.717, 1.165) is 4.60 Å². The van der Waals surface area contributed by atoms with Crippen molar-refractivity contribution in [2.45, 2.75) is 6.92 Å². The molecule has 0 aliphatic heterocycles. The smallest absolute Gasteiger partial charge is 0.138 e. The van der Waals surface area contributed by atoms with Crippen LogP contribution in [0.25, 0.3) is 0 Å². The average molecular weight is 249 g/mol. The second-order valence-electron chi connectivity index (χ2n) is 2.08. The first kappa shape index (κ1) is 9.67. The molecule has 0 bridgehead atoms. The molecule has 0 saturated carbocycles. The third kappa shape index (κ3) is 2.91. The molecule has 0 fully saturated rings. The maximum atomic E-state index is 11.0. The van der Waals surface area contributed by atoms with E-state index in [-0.39, 0.29) is 0 Å². The standard InChI is InChI=1S/C7H9BrN2OS/c1-2-12(11)10-7-5-3-4-6(8)9-7/h3-5H,2H2,1H3,(H,9,10). The highest BCUT2D eigenvalue weighted by molar-refractivity contribution is 9.10. The van der Waals surface area contributed by atoms with Gasteiger partial charge in [-0.3, -0.25) is 4.72 Å². The average Bonchev–Trinajstić information content (AvgIpc) is 2.04. The fourth-order valence-corrected chi connectivity index (χ4v) is 1.49. The van der Waals surface area contributed by atoms with Gasteiger partial charge in [-0.15, -0.1) is 0 Å². The van der Waals surface area contributed by atoms with E-state index in [4.69, 9.17) is 0 Å². The van der Waals surface area contributed by atoms with Crippen molar-refractivity contribution >= 4 is 32.7 Å². The Morgan fingerprint density at radius 2 is 2.42 bits per heavy atom. The van der Waals surface area contributed by atoms with E-state index in [1.807, 2.05) is 19.1 Å². The van der Waals surface area contributed by atoms with E-state index < -0.39 is 11.0 Å². The van der Waals surface area contributed by atoms with Gasteiger partial charge in [0.15, 0.2) is 0 Å². The number of anilines is 1. The number of aromatic nitrogens is 1. The van der Waals surface area contributed by atoms with Crippen molar-refractivity contribution in [3.05, 3.63) is 22.8 Å². The molecular weight excluding hydrogens is 240 g/mol. The van der Waals surface area contributed by atoms with Gasteiger partial charge in [0.2, 0.25) is 0 Å². The Labute approximate surface area is 82.3 Å². The molecule has 0 spiro atoms. The Morgan fingerprint density at radius 1 is 1.67 bits per heavy atom. The molecule has 1 N–H and O–H groups in total. The zero-order valence-corrected chi connectivity index (χ0v) is 8.98. The van der Waals surface area contributed by atoms with Crippen LogP contribution >= 0.6 is 15.9 Å². The number of nitrogens with one attached hydrogen (secondary N) is 1. The first-order valence-electron chi connectivity index (χ1n) is 3.50. The number of hydrogen-bond acceptors (Lipinski definition) is 2. The zero-order valence-electron chi connectivity index (χ0n) is 6.58. The van der Waals surface area contributed by atoms with E-state index in [9.17, 15) is 4.21 Å². The zero-order chi connectivity index (χ0) is 8.97. The minimum Gasteiger partial charge on any atom is -0.289 e.